The van der Waals surface area contributed by atoms with Gasteiger partial charge in [0.2, 0.25) is 5.75 Å². The fraction of sp³-hybridized carbons (Fsp3) is 0.231. The molecule has 1 aromatic heterocycles. The molecule has 5 heteroatoms. The molecule has 0 aliphatic rings. The van der Waals surface area contributed by atoms with Crippen molar-refractivity contribution >= 4 is 16.9 Å². The van der Waals surface area contributed by atoms with Crippen LogP contribution in [0.15, 0.2) is 39.5 Å². The lowest BCUT2D eigenvalue weighted by molar-refractivity contribution is -0.145. The Labute approximate surface area is 103 Å². The molecule has 2 rings (SSSR count). The number of para-hydroxylation sites is 1. The lowest BCUT2D eigenvalue weighted by Gasteiger charge is -2.05. The minimum Gasteiger partial charge on any atom is -0.475 e. The molecule has 1 heterocycles. The number of rotatable bonds is 4. The first-order chi connectivity index (χ1) is 8.70. The van der Waals surface area contributed by atoms with E-state index < -0.39 is 11.6 Å². The molecule has 0 saturated heterocycles. The molecule has 0 N–H and O–H groups in total. The Bertz CT molecular complexity index is 614. The highest BCUT2D eigenvalue weighted by atomic mass is 16.6. The molecule has 18 heavy (non-hydrogen) atoms. The summed E-state index contributed by atoms with van der Waals surface area (Å²) in [5.74, 6) is -0.521. The molecule has 0 radical (unpaired) electrons. The van der Waals surface area contributed by atoms with Gasteiger partial charge in [-0.1, -0.05) is 18.2 Å². The molecule has 94 valence electrons. The second-order valence-corrected chi connectivity index (χ2v) is 3.53. The molecule has 5 nitrogen and oxygen atoms in total. The first kappa shape index (κ1) is 12.2. The highest BCUT2D eigenvalue weighted by Gasteiger charge is 2.09. The van der Waals surface area contributed by atoms with Crippen LogP contribution in [0.3, 0.4) is 0 Å². The van der Waals surface area contributed by atoms with Crippen molar-refractivity contribution in [1.29, 1.82) is 0 Å². The predicted molar refractivity (Wildman–Crippen MR) is 64.6 cm³/mol. The molecule has 0 fully saturated rings. The van der Waals surface area contributed by atoms with Gasteiger partial charge in [0.05, 0.1) is 6.61 Å². The van der Waals surface area contributed by atoms with Crippen LogP contribution in [-0.4, -0.2) is 19.2 Å². The van der Waals surface area contributed by atoms with E-state index in [1.807, 2.05) is 6.07 Å². The highest BCUT2D eigenvalue weighted by Crippen LogP contribution is 2.16. The zero-order valence-electron chi connectivity index (χ0n) is 9.84. The quantitative estimate of drug-likeness (QED) is 0.609. The molecule has 2 aromatic rings. The maximum Gasteiger partial charge on any atom is 0.379 e. The van der Waals surface area contributed by atoms with Gasteiger partial charge in [0.1, 0.15) is 5.58 Å². The van der Waals surface area contributed by atoms with E-state index in [1.54, 1.807) is 31.2 Å². The molecule has 0 aliphatic carbocycles. The normalized spacial score (nSPS) is 10.3. The van der Waals surface area contributed by atoms with E-state index >= 15 is 0 Å². The maximum atomic E-state index is 11.6. The van der Waals surface area contributed by atoms with E-state index in [9.17, 15) is 9.59 Å². The van der Waals surface area contributed by atoms with Crippen LogP contribution in [0.25, 0.3) is 11.0 Å². The van der Waals surface area contributed by atoms with Crippen LogP contribution in [0.1, 0.15) is 6.92 Å². The van der Waals surface area contributed by atoms with Crippen LogP contribution in [0, 0.1) is 0 Å². The molecule has 0 aliphatic heterocycles. The summed E-state index contributed by atoms with van der Waals surface area (Å²) in [6, 6.07) is 8.60. The number of esters is 1. The Morgan fingerprint density at radius 2 is 2.11 bits per heavy atom. The van der Waals surface area contributed by atoms with Crippen LogP contribution in [0.4, 0.5) is 0 Å². The molecule has 0 spiro atoms. The van der Waals surface area contributed by atoms with Crippen molar-refractivity contribution in [3.05, 3.63) is 40.8 Å². The van der Waals surface area contributed by atoms with E-state index in [0.29, 0.717) is 5.58 Å². The van der Waals surface area contributed by atoms with Crippen molar-refractivity contribution in [2.45, 2.75) is 6.92 Å². The molecule has 0 atom stereocenters. The number of carbonyl (C=O) groups is 1. The summed E-state index contributed by atoms with van der Waals surface area (Å²) >= 11 is 0. The molecular weight excluding hydrogens is 236 g/mol. The van der Waals surface area contributed by atoms with E-state index in [4.69, 9.17) is 13.9 Å². The van der Waals surface area contributed by atoms with Gasteiger partial charge in [-0.25, -0.2) is 9.59 Å². The minimum absolute atomic E-state index is 0.00162. The number of carbonyl (C=O) groups excluding carboxylic acids is 1. The third kappa shape index (κ3) is 2.68. The van der Waals surface area contributed by atoms with Crippen molar-refractivity contribution in [3.8, 4) is 5.75 Å². The van der Waals surface area contributed by atoms with Crippen molar-refractivity contribution in [1.82, 2.24) is 0 Å². The fourth-order valence-corrected chi connectivity index (χ4v) is 1.48. The Hall–Kier alpha value is -2.30. The first-order valence-corrected chi connectivity index (χ1v) is 5.52. The van der Waals surface area contributed by atoms with E-state index in [2.05, 4.69) is 0 Å². The lowest BCUT2D eigenvalue weighted by atomic mass is 10.2. The van der Waals surface area contributed by atoms with Gasteiger partial charge < -0.3 is 13.9 Å². The molecular formula is C13H12O5. The van der Waals surface area contributed by atoms with Crippen LogP contribution >= 0.6 is 0 Å². The van der Waals surface area contributed by atoms with Crippen molar-refractivity contribution in [2.75, 3.05) is 13.2 Å². The lowest BCUT2D eigenvalue weighted by Crippen LogP contribution is -2.17. The van der Waals surface area contributed by atoms with Gasteiger partial charge in [0.25, 0.3) is 0 Å². The van der Waals surface area contributed by atoms with Crippen LogP contribution < -0.4 is 10.4 Å². The SMILES string of the molecule is CCOC(=O)COc1cc2ccccc2oc1=O. The summed E-state index contributed by atoms with van der Waals surface area (Å²) < 4.78 is 14.8. The van der Waals surface area contributed by atoms with Crippen molar-refractivity contribution in [2.24, 2.45) is 0 Å². The highest BCUT2D eigenvalue weighted by molar-refractivity contribution is 5.77. The van der Waals surface area contributed by atoms with Gasteiger partial charge in [-0.2, -0.15) is 0 Å². The summed E-state index contributed by atoms with van der Waals surface area (Å²) in [6.07, 6.45) is 0. The van der Waals surface area contributed by atoms with Crippen molar-refractivity contribution in [3.63, 3.8) is 0 Å². The van der Waals surface area contributed by atoms with Gasteiger partial charge in [-0.3, -0.25) is 0 Å². The van der Waals surface area contributed by atoms with Gasteiger partial charge in [-0.15, -0.1) is 0 Å². The second-order valence-electron chi connectivity index (χ2n) is 3.53. The maximum absolute atomic E-state index is 11.6. The van der Waals surface area contributed by atoms with Gasteiger partial charge in [0, 0.05) is 5.39 Å². The molecule has 0 amide bonds. The minimum atomic E-state index is -0.613. The zero-order valence-corrected chi connectivity index (χ0v) is 9.84. The Morgan fingerprint density at radius 3 is 2.89 bits per heavy atom. The topological polar surface area (TPSA) is 65.7 Å². The number of hydrogen-bond acceptors (Lipinski definition) is 5. The third-order valence-corrected chi connectivity index (χ3v) is 2.26. The first-order valence-electron chi connectivity index (χ1n) is 5.52. The summed E-state index contributed by atoms with van der Waals surface area (Å²) in [5, 5.41) is 0.732. The predicted octanol–water partition coefficient (Wildman–Crippen LogP) is 1.73. The molecule has 0 saturated carbocycles. The number of ether oxygens (including phenoxy) is 2. The largest absolute Gasteiger partial charge is 0.475 e. The monoisotopic (exact) mass is 248 g/mol. The number of fused-ring (bicyclic) bond motifs is 1. The van der Waals surface area contributed by atoms with Gasteiger partial charge in [-0.05, 0) is 19.1 Å². The van der Waals surface area contributed by atoms with Gasteiger partial charge in [0.15, 0.2) is 6.61 Å². The number of hydrogen-bond donors (Lipinski definition) is 0. The van der Waals surface area contributed by atoms with Crippen molar-refractivity contribution < 1.29 is 18.7 Å². The third-order valence-electron chi connectivity index (χ3n) is 2.26. The van der Waals surface area contributed by atoms with Crippen LogP contribution in [-0.2, 0) is 9.53 Å². The van der Waals surface area contributed by atoms with E-state index in [1.165, 1.54) is 0 Å². The summed E-state index contributed by atoms with van der Waals surface area (Å²) in [5.41, 5.74) is -0.135. The smallest absolute Gasteiger partial charge is 0.379 e. The number of benzene rings is 1. The van der Waals surface area contributed by atoms with Gasteiger partial charge >= 0.3 is 11.6 Å². The Balaban J connectivity index is 2.20. The molecule has 0 bridgehead atoms. The van der Waals surface area contributed by atoms with Crippen LogP contribution in [0.5, 0.6) is 5.75 Å². The average molecular weight is 248 g/mol. The summed E-state index contributed by atoms with van der Waals surface area (Å²) in [7, 11) is 0. The molecule has 0 unspecified atom stereocenters. The summed E-state index contributed by atoms with van der Waals surface area (Å²) in [4.78, 5) is 22.7. The van der Waals surface area contributed by atoms with Crippen LogP contribution in [0.2, 0.25) is 0 Å². The second kappa shape index (κ2) is 5.35. The standard InChI is InChI=1S/C13H12O5/c1-2-16-12(14)8-17-11-7-9-5-3-4-6-10(9)18-13(11)15/h3-7H,2,8H2,1H3. The summed E-state index contributed by atoms with van der Waals surface area (Å²) in [6.45, 7) is 1.66. The zero-order chi connectivity index (χ0) is 13.0. The fourth-order valence-electron chi connectivity index (χ4n) is 1.48. The Morgan fingerprint density at radius 1 is 1.33 bits per heavy atom. The average Bonchev–Trinajstić information content (AvgIpc) is 2.36. The van der Waals surface area contributed by atoms with E-state index in [0.717, 1.165) is 5.39 Å². The van der Waals surface area contributed by atoms with E-state index in [-0.39, 0.29) is 19.0 Å². The Kier molecular flexibility index (Phi) is 3.62. The molecule has 1 aromatic carbocycles.